The van der Waals surface area contributed by atoms with Crippen LogP contribution in [0.5, 0.6) is 46.0 Å². The summed E-state index contributed by atoms with van der Waals surface area (Å²) >= 11 is 27.2. The van der Waals surface area contributed by atoms with Gasteiger partial charge in [-0.1, -0.05) is 109 Å². The predicted molar refractivity (Wildman–Crippen MR) is 327 cm³/mol. The van der Waals surface area contributed by atoms with E-state index in [1.165, 1.54) is 0 Å². The summed E-state index contributed by atoms with van der Waals surface area (Å²) in [6, 6.07) is 17.8. The van der Waals surface area contributed by atoms with Crippen molar-refractivity contribution in [2.75, 3.05) is 52.4 Å². The summed E-state index contributed by atoms with van der Waals surface area (Å²) in [7, 11) is 0. The second kappa shape index (κ2) is 23.7. The van der Waals surface area contributed by atoms with Gasteiger partial charge >= 0.3 is 26.6 Å². The fraction of sp³-hybridized carbons (Fsp3) is 0.571. The fourth-order valence-corrected chi connectivity index (χ4v) is 23.9. The first kappa shape index (κ1) is 58.4. The van der Waals surface area contributed by atoms with Crippen molar-refractivity contribution in [2.45, 2.75) is 158 Å². The van der Waals surface area contributed by atoms with Gasteiger partial charge in [-0.25, -0.2) is 18.7 Å². The molecule has 1 aliphatic carbocycles. The van der Waals surface area contributed by atoms with Crippen LogP contribution in [-0.4, -0.2) is 71.0 Å². The predicted octanol–water partition coefficient (Wildman–Crippen LogP) is 17.1. The summed E-state index contributed by atoms with van der Waals surface area (Å²) in [6.45, 7) is 17.4. The molecule has 0 N–H and O–H groups in total. The molecular formula is C56H80N4O8P4S4. The number of hydrogen-bond donors (Lipinski definition) is 0. The summed E-state index contributed by atoms with van der Waals surface area (Å²) in [5, 5.41) is 0. The molecule has 5 aliphatic rings. The van der Waals surface area contributed by atoms with E-state index in [2.05, 4.69) is 150 Å². The number of nitrogens with zero attached hydrogens (tertiary/aromatic N) is 4. The molecule has 12 nitrogen and oxygen atoms in total. The minimum absolute atomic E-state index is 0.177. The second-order valence-corrected chi connectivity index (χ2v) is 33.2. The van der Waals surface area contributed by atoms with Crippen LogP contribution in [0.1, 0.15) is 203 Å². The van der Waals surface area contributed by atoms with Crippen LogP contribution in [0.4, 0.5) is 0 Å². The molecule has 416 valence electrons. The van der Waals surface area contributed by atoms with E-state index < -0.39 is 26.6 Å². The molecule has 0 spiro atoms. The van der Waals surface area contributed by atoms with E-state index in [0.717, 1.165) is 95.9 Å². The van der Waals surface area contributed by atoms with Gasteiger partial charge in [-0.2, -0.15) is 0 Å². The van der Waals surface area contributed by atoms with Crippen LogP contribution in [0.2, 0.25) is 0 Å². The Morgan fingerprint density at radius 1 is 0.276 bits per heavy atom. The normalized spacial score (nSPS) is 26.6. The van der Waals surface area contributed by atoms with Gasteiger partial charge < -0.3 is 36.2 Å². The lowest BCUT2D eigenvalue weighted by Gasteiger charge is -2.42. The van der Waals surface area contributed by atoms with Gasteiger partial charge in [-0.3, -0.25) is 0 Å². The van der Waals surface area contributed by atoms with Crippen LogP contribution in [0.15, 0.2) is 48.5 Å². The quantitative estimate of drug-likeness (QED) is 0.0786. The monoisotopic (exact) mass is 1190 g/mol. The Balaban J connectivity index is 1.53. The first-order chi connectivity index (χ1) is 36.5. The van der Waals surface area contributed by atoms with Gasteiger partial charge in [0.25, 0.3) is 0 Å². The van der Waals surface area contributed by atoms with Gasteiger partial charge in [0.05, 0.1) is 0 Å². The van der Waals surface area contributed by atoms with Crippen molar-refractivity contribution >= 4 is 73.8 Å². The zero-order chi connectivity index (χ0) is 54.5. The molecule has 4 aromatic carbocycles. The molecule has 4 aromatic rings. The van der Waals surface area contributed by atoms with Gasteiger partial charge in [0.1, 0.15) is 46.0 Å². The second-order valence-electron chi connectivity index (χ2n) is 20.2. The third-order valence-electron chi connectivity index (χ3n) is 15.9. The van der Waals surface area contributed by atoms with Crippen LogP contribution in [0, 0.1) is 0 Å². The highest BCUT2D eigenvalue weighted by molar-refractivity contribution is 8.10. The number of benzene rings is 4. The first-order valence-corrected chi connectivity index (χ1v) is 38.6. The maximum Gasteiger partial charge on any atom is 0.367 e. The third kappa shape index (κ3) is 10.4. The zero-order valence-electron chi connectivity index (χ0n) is 46.7. The lowest BCUT2D eigenvalue weighted by atomic mass is 9.76. The van der Waals surface area contributed by atoms with Crippen molar-refractivity contribution in [1.29, 1.82) is 0 Å². The SMILES string of the molecule is CCCC1c2cc3c4cc2OP(=S)(N(CC)CC)Oc2cc5c(cc21)C(CCC)c1cc2c(cc1OP(=S)(N(CC)CC)O5)OP(=S)(N(CC)CC)Oc1cc(c(cc1C2CCC)C3CCC)OP(=S)(N(CC)CC)O4. The van der Waals surface area contributed by atoms with Crippen molar-refractivity contribution in [3.05, 3.63) is 93.0 Å². The molecular weight excluding hydrogens is 1110 g/mol. The molecule has 0 unspecified atom stereocenters. The van der Waals surface area contributed by atoms with Crippen LogP contribution in [0.3, 0.4) is 0 Å². The molecule has 8 bridgehead atoms. The summed E-state index contributed by atoms with van der Waals surface area (Å²) in [5.41, 5.74) is 8.34. The summed E-state index contributed by atoms with van der Waals surface area (Å²) in [5.74, 6) is 4.47. The van der Waals surface area contributed by atoms with Crippen LogP contribution in [-0.2, 0) is 47.2 Å². The topological polar surface area (TPSA) is 86.8 Å². The van der Waals surface area contributed by atoms with Gasteiger partial charge in [-0.15, -0.1) is 0 Å². The molecule has 9 rings (SSSR count). The average Bonchev–Trinajstić information content (AvgIpc) is 3.39. The lowest BCUT2D eigenvalue weighted by Crippen LogP contribution is -2.29. The standard InChI is InChI=1S/C56H80N4O8P4S4/c1-13-25-37-41-29-43-38(26-14-2)45-31-47-40(28-16-4)48-32-46-39(27-15-3)44-30-42(37)50-34-52(44)64-71(75,59(21-9)22-10)66-54(46)36-56(48)68-72(76,60(23-11)24-12)67-55(47)35-53(45)65-70(74,58(19-7)20-8)63-51(43)33-49(41)61-69(73,62-50)57(17-5)18-6/h29-40H,13-28H2,1-12H3. The molecule has 0 saturated heterocycles. The van der Waals surface area contributed by atoms with E-state index >= 15 is 0 Å². The van der Waals surface area contributed by atoms with Crippen LogP contribution >= 0.6 is 26.6 Å². The Labute approximate surface area is 475 Å². The minimum atomic E-state index is -3.35. The van der Waals surface area contributed by atoms with Crippen LogP contribution < -0.4 is 36.2 Å². The van der Waals surface area contributed by atoms with Crippen molar-refractivity contribution in [1.82, 2.24) is 18.7 Å². The molecule has 0 aromatic heterocycles. The Hall–Kier alpha value is -2.28. The molecule has 76 heavy (non-hydrogen) atoms. The number of rotatable bonds is 20. The molecule has 0 amide bonds. The Morgan fingerprint density at radius 2 is 0.421 bits per heavy atom. The largest absolute Gasteiger partial charge is 0.424 e. The molecule has 0 radical (unpaired) electrons. The van der Waals surface area contributed by atoms with Gasteiger partial charge in [0, 0.05) is 192 Å². The van der Waals surface area contributed by atoms with E-state index in [9.17, 15) is 0 Å². The van der Waals surface area contributed by atoms with E-state index in [1.807, 2.05) is 0 Å². The third-order valence-corrected chi connectivity index (χ3v) is 28.9. The lowest BCUT2D eigenvalue weighted by molar-refractivity contribution is 0.346. The Morgan fingerprint density at radius 3 is 0.539 bits per heavy atom. The smallest absolute Gasteiger partial charge is 0.367 e. The van der Waals surface area contributed by atoms with E-state index in [4.69, 9.17) is 83.4 Å². The van der Waals surface area contributed by atoms with Gasteiger partial charge in [0.15, 0.2) is 0 Å². The zero-order valence-corrected chi connectivity index (χ0v) is 53.6. The highest BCUT2D eigenvalue weighted by Gasteiger charge is 2.46. The van der Waals surface area contributed by atoms with Crippen LogP contribution in [0.25, 0.3) is 0 Å². The summed E-state index contributed by atoms with van der Waals surface area (Å²) < 4.78 is 67.9. The van der Waals surface area contributed by atoms with Crippen molar-refractivity contribution < 1.29 is 36.2 Å². The average molecular weight is 1190 g/mol. The molecule has 0 saturated carbocycles. The summed E-state index contributed by atoms with van der Waals surface area (Å²) in [6.07, 6.45) is 6.78. The first-order valence-electron chi connectivity index (χ1n) is 28.2. The van der Waals surface area contributed by atoms with Gasteiger partial charge in [-0.05, 0) is 49.9 Å². The maximum atomic E-state index is 7.41. The minimum Gasteiger partial charge on any atom is -0.424 e. The molecule has 0 atom stereocenters. The van der Waals surface area contributed by atoms with E-state index in [1.54, 1.807) is 0 Å². The molecule has 4 heterocycles. The fourth-order valence-electron chi connectivity index (χ4n) is 12.1. The molecule has 20 heteroatoms. The molecule has 0 fully saturated rings. The Bertz CT molecular complexity index is 2490. The molecule has 4 aliphatic heterocycles. The highest BCUT2D eigenvalue weighted by atomic mass is 32.5. The number of hydrogen-bond acceptors (Lipinski definition) is 12. The van der Waals surface area contributed by atoms with Crippen molar-refractivity contribution in [2.24, 2.45) is 0 Å². The highest BCUT2D eigenvalue weighted by Crippen LogP contribution is 2.67. The van der Waals surface area contributed by atoms with Gasteiger partial charge in [0.2, 0.25) is 0 Å². The van der Waals surface area contributed by atoms with Crippen molar-refractivity contribution in [3.63, 3.8) is 0 Å². The van der Waals surface area contributed by atoms with Crippen molar-refractivity contribution in [3.8, 4) is 46.0 Å². The Kier molecular flexibility index (Phi) is 18.2. The summed E-state index contributed by atoms with van der Waals surface area (Å²) in [4.78, 5) is 0. The van der Waals surface area contributed by atoms with E-state index in [-0.39, 0.29) is 23.7 Å². The maximum absolute atomic E-state index is 7.41. The van der Waals surface area contributed by atoms with E-state index in [0.29, 0.717) is 98.4 Å².